The molecule has 0 radical (unpaired) electrons. The molecule has 120 valence electrons. The normalized spacial score (nSPS) is 19.5. The number of ether oxygens (including phenoxy) is 2. The summed E-state index contributed by atoms with van der Waals surface area (Å²) in [4.78, 5) is 25.0. The molecule has 1 aromatic carbocycles. The van der Waals surface area contributed by atoms with E-state index in [1.807, 2.05) is 30.3 Å². The van der Waals surface area contributed by atoms with E-state index in [0.29, 0.717) is 26.2 Å². The summed E-state index contributed by atoms with van der Waals surface area (Å²) in [6.07, 6.45) is 0.539. The number of hydrogen-bond acceptors (Lipinski definition) is 4. The van der Waals surface area contributed by atoms with E-state index in [0.717, 1.165) is 5.75 Å². The van der Waals surface area contributed by atoms with Gasteiger partial charge in [0.15, 0.2) is 6.04 Å². The lowest BCUT2D eigenvalue weighted by molar-refractivity contribution is -0.160. The Balaban J connectivity index is 1.84. The number of hydrogen-bond donors (Lipinski definition) is 1. The predicted octanol–water partition coefficient (Wildman–Crippen LogP) is 1.40. The van der Waals surface area contributed by atoms with Gasteiger partial charge in [-0.05, 0) is 18.6 Å². The van der Waals surface area contributed by atoms with E-state index < -0.39 is 12.0 Å². The third kappa shape index (κ3) is 4.21. The van der Waals surface area contributed by atoms with Gasteiger partial charge in [-0.15, -0.1) is 0 Å². The quantitative estimate of drug-likeness (QED) is 0.860. The third-order valence-electron chi connectivity index (χ3n) is 3.68. The number of nitrogens with zero attached hydrogens (tertiary/aromatic N) is 1. The molecular formula is C16H21NO5. The molecule has 1 heterocycles. The highest BCUT2D eigenvalue weighted by Gasteiger charge is 2.34. The van der Waals surface area contributed by atoms with Crippen molar-refractivity contribution in [3.63, 3.8) is 0 Å². The van der Waals surface area contributed by atoms with Crippen molar-refractivity contribution in [1.82, 2.24) is 4.90 Å². The average Bonchev–Trinajstić information content (AvgIpc) is 2.55. The third-order valence-corrected chi connectivity index (χ3v) is 3.68. The second kappa shape index (κ2) is 7.79. The van der Waals surface area contributed by atoms with Gasteiger partial charge < -0.3 is 19.5 Å². The minimum atomic E-state index is -1.03. The van der Waals surface area contributed by atoms with Crippen LogP contribution in [0.15, 0.2) is 30.3 Å². The first-order chi connectivity index (χ1) is 10.6. The first-order valence-corrected chi connectivity index (χ1v) is 7.38. The summed E-state index contributed by atoms with van der Waals surface area (Å²) >= 11 is 0. The molecular weight excluding hydrogens is 286 g/mol. The highest BCUT2D eigenvalue weighted by molar-refractivity contribution is 5.85. The monoisotopic (exact) mass is 307 g/mol. The van der Waals surface area contributed by atoms with Gasteiger partial charge in [0, 0.05) is 12.5 Å². The van der Waals surface area contributed by atoms with Crippen LogP contribution in [0.1, 0.15) is 13.3 Å². The predicted molar refractivity (Wildman–Crippen MR) is 79.7 cm³/mol. The van der Waals surface area contributed by atoms with Crippen molar-refractivity contribution in [2.75, 3.05) is 26.4 Å². The van der Waals surface area contributed by atoms with Crippen molar-refractivity contribution in [2.45, 2.75) is 19.4 Å². The first kappa shape index (κ1) is 16.3. The Morgan fingerprint density at radius 3 is 2.82 bits per heavy atom. The molecule has 0 unspecified atom stereocenters. The van der Waals surface area contributed by atoms with Gasteiger partial charge in [0.2, 0.25) is 5.91 Å². The van der Waals surface area contributed by atoms with Crippen LogP contribution < -0.4 is 4.74 Å². The maximum Gasteiger partial charge on any atom is 0.328 e. The van der Waals surface area contributed by atoms with Crippen molar-refractivity contribution < 1.29 is 24.2 Å². The fourth-order valence-corrected chi connectivity index (χ4v) is 2.35. The Kier molecular flexibility index (Phi) is 5.77. The van der Waals surface area contributed by atoms with E-state index in [2.05, 4.69) is 0 Å². The summed E-state index contributed by atoms with van der Waals surface area (Å²) < 4.78 is 10.7. The molecule has 1 amide bonds. The van der Waals surface area contributed by atoms with E-state index in [-0.39, 0.29) is 18.4 Å². The molecule has 1 saturated heterocycles. The van der Waals surface area contributed by atoms with Gasteiger partial charge in [-0.1, -0.05) is 25.1 Å². The van der Waals surface area contributed by atoms with Gasteiger partial charge in [-0.2, -0.15) is 0 Å². The van der Waals surface area contributed by atoms with E-state index in [4.69, 9.17) is 14.6 Å². The number of amides is 1. The SMILES string of the molecule is C[C@H](CCOc1ccccc1)C(=O)N1CCOC[C@@H]1C(=O)O. The minimum absolute atomic E-state index is 0.0499. The zero-order valence-electron chi connectivity index (χ0n) is 12.6. The number of carbonyl (C=O) groups is 2. The van der Waals surface area contributed by atoms with Gasteiger partial charge in [0.1, 0.15) is 5.75 Å². The highest BCUT2D eigenvalue weighted by Crippen LogP contribution is 2.16. The van der Waals surface area contributed by atoms with Crippen LogP contribution in [0, 0.1) is 5.92 Å². The molecule has 1 aliphatic rings. The smallest absolute Gasteiger partial charge is 0.328 e. The van der Waals surface area contributed by atoms with Crippen LogP contribution in [-0.2, 0) is 14.3 Å². The fraction of sp³-hybridized carbons (Fsp3) is 0.500. The molecule has 0 aromatic heterocycles. The van der Waals surface area contributed by atoms with Crippen molar-refractivity contribution in [3.05, 3.63) is 30.3 Å². The lowest BCUT2D eigenvalue weighted by atomic mass is 10.0. The van der Waals surface area contributed by atoms with Crippen LogP contribution in [0.3, 0.4) is 0 Å². The Morgan fingerprint density at radius 1 is 1.41 bits per heavy atom. The van der Waals surface area contributed by atoms with Crippen molar-refractivity contribution in [3.8, 4) is 5.75 Å². The summed E-state index contributed by atoms with van der Waals surface area (Å²) in [5, 5.41) is 9.17. The van der Waals surface area contributed by atoms with Crippen LogP contribution in [0.2, 0.25) is 0 Å². The molecule has 1 N–H and O–H groups in total. The second-order valence-electron chi connectivity index (χ2n) is 5.31. The molecule has 2 atom stereocenters. The second-order valence-corrected chi connectivity index (χ2v) is 5.31. The molecule has 1 aromatic rings. The summed E-state index contributed by atoms with van der Waals surface area (Å²) in [6, 6.07) is 8.50. The molecule has 2 rings (SSSR count). The van der Waals surface area contributed by atoms with Gasteiger partial charge in [-0.25, -0.2) is 4.79 Å². The van der Waals surface area contributed by atoms with E-state index in [1.165, 1.54) is 4.90 Å². The number of benzene rings is 1. The van der Waals surface area contributed by atoms with Crippen LogP contribution in [0.25, 0.3) is 0 Å². The number of aliphatic carboxylic acids is 1. The Hall–Kier alpha value is -2.08. The van der Waals surface area contributed by atoms with Crippen LogP contribution in [0.5, 0.6) is 5.75 Å². The molecule has 0 aliphatic carbocycles. The highest BCUT2D eigenvalue weighted by atomic mass is 16.5. The van der Waals surface area contributed by atoms with Gasteiger partial charge >= 0.3 is 5.97 Å². The molecule has 0 spiro atoms. The van der Waals surface area contributed by atoms with Gasteiger partial charge in [0.25, 0.3) is 0 Å². The molecule has 0 saturated carbocycles. The van der Waals surface area contributed by atoms with Crippen molar-refractivity contribution in [2.24, 2.45) is 5.92 Å². The fourth-order valence-electron chi connectivity index (χ4n) is 2.35. The number of rotatable bonds is 6. The van der Waals surface area contributed by atoms with Crippen molar-refractivity contribution >= 4 is 11.9 Å². The lowest BCUT2D eigenvalue weighted by Gasteiger charge is -2.34. The minimum Gasteiger partial charge on any atom is -0.494 e. The molecule has 1 fully saturated rings. The van der Waals surface area contributed by atoms with Gasteiger partial charge in [0.05, 0.1) is 19.8 Å². The molecule has 0 bridgehead atoms. The van der Waals surface area contributed by atoms with Crippen molar-refractivity contribution in [1.29, 1.82) is 0 Å². The molecule has 6 nitrogen and oxygen atoms in total. The topological polar surface area (TPSA) is 76.1 Å². The van der Waals surface area contributed by atoms with Gasteiger partial charge in [-0.3, -0.25) is 4.79 Å². The molecule has 6 heteroatoms. The van der Waals surface area contributed by atoms with Crippen LogP contribution in [-0.4, -0.2) is 54.3 Å². The largest absolute Gasteiger partial charge is 0.494 e. The van der Waals surface area contributed by atoms with Crippen LogP contribution in [0.4, 0.5) is 0 Å². The molecule has 1 aliphatic heterocycles. The summed E-state index contributed by atoms with van der Waals surface area (Å²) in [7, 11) is 0. The number of carboxylic acids is 1. The Bertz CT molecular complexity index is 505. The number of carboxylic acid groups (broad SMARTS) is 1. The lowest BCUT2D eigenvalue weighted by Crippen LogP contribution is -2.54. The summed E-state index contributed by atoms with van der Waals surface area (Å²) in [6.45, 7) is 2.96. The maximum absolute atomic E-state index is 12.4. The van der Waals surface area contributed by atoms with E-state index >= 15 is 0 Å². The Morgan fingerprint density at radius 2 is 2.14 bits per heavy atom. The average molecular weight is 307 g/mol. The Labute approximate surface area is 129 Å². The molecule has 22 heavy (non-hydrogen) atoms. The zero-order valence-corrected chi connectivity index (χ0v) is 12.6. The summed E-state index contributed by atoms with van der Waals surface area (Å²) in [5.41, 5.74) is 0. The first-order valence-electron chi connectivity index (χ1n) is 7.38. The van der Waals surface area contributed by atoms with E-state index in [1.54, 1.807) is 6.92 Å². The summed E-state index contributed by atoms with van der Waals surface area (Å²) in [5.74, 6) is -0.714. The standard InChI is InChI=1S/C16H21NO5/c1-12(7-9-22-13-5-3-2-4-6-13)15(18)17-8-10-21-11-14(17)16(19)20/h2-6,12,14H,7-11H2,1H3,(H,19,20)/t12-,14-/m1/s1. The number of morpholine rings is 1. The number of para-hydroxylation sites is 1. The number of carbonyl (C=O) groups excluding carboxylic acids is 1. The van der Waals surface area contributed by atoms with Crippen LogP contribution >= 0.6 is 0 Å². The zero-order chi connectivity index (χ0) is 15.9. The van der Waals surface area contributed by atoms with E-state index in [9.17, 15) is 9.59 Å². The maximum atomic E-state index is 12.4.